The molecule has 0 saturated carbocycles. The quantitative estimate of drug-likeness (QED) is 0.800. The van der Waals surface area contributed by atoms with Gasteiger partial charge in [0.1, 0.15) is 5.60 Å². The second-order valence-corrected chi connectivity index (χ2v) is 6.97. The Balaban J connectivity index is 1.41. The lowest BCUT2D eigenvalue weighted by molar-refractivity contribution is -0.0527. The zero-order chi connectivity index (χ0) is 16.7. The number of ether oxygens (including phenoxy) is 1. The van der Waals surface area contributed by atoms with Crippen LogP contribution in [0.3, 0.4) is 0 Å². The van der Waals surface area contributed by atoms with Gasteiger partial charge in [-0.3, -0.25) is 4.90 Å². The Labute approximate surface area is 141 Å². The summed E-state index contributed by atoms with van der Waals surface area (Å²) in [6.45, 7) is 3.00. The van der Waals surface area contributed by atoms with E-state index < -0.39 is 11.7 Å². The molecule has 0 atom stereocenters. The monoisotopic (exact) mass is 330 g/mol. The third-order valence-corrected chi connectivity index (χ3v) is 5.78. The average molecular weight is 330 g/mol. The second-order valence-electron chi connectivity index (χ2n) is 6.97. The van der Waals surface area contributed by atoms with Crippen LogP contribution in [0.25, 0.3) is 0 Å². The predicted octanol–water partition coefficient (Wildman–Crippen LogP) is 2.29. The van der Waals surface area contributed by atoms with E-state index in [2.05, 4.69) is 4.90 Å². The summed E-state index contributed by atoms with van der Waals surface area (Å²) in [5, 5.41) is 9.06. The third-order valence-electron chi connectivity index (χ3n) is 5.78. The second kappa shape index (κ2) is 5.77. The van der Waals surface area contributed by atoms with Gasteiger partial charge in [-0.2, -0.15) is 0 Å². The molecule has 1 aromatic rings. The van der Waals surface area contributed by atoms with E-state index in [4.69, 9.17) is 9.84 Å². The molecule has 3 aliphatic rings. The molecular formula is C18H22N2O4. The number of carbonyl (C=O) groups excluding carboxylic acids is 1. The first-order valence-electron chi connectivity index (χ1n) is 8.64. The molecule has 128 valence electrons. The predicted molar refractivity (Wildman–Crippen MR) is 87.0 cm³/mol. The molecule has 0 unspecified atom stereocenters. The summed E-state index contributed by atoms with van der Waals surface area (Å²) in [7, 11) is 0. The van der Waals surface area contributed by atoms with Crippen molar-refractivity contribution in [3.05, 3.63) is 35.4 Å². The minimum atomic E-state index is -0.819. The molecule has 1 N–H and O–H groups in total. The van der Waals surface area contributed by atoms with Crippen LogP contribution in [0.15, 0.2) is 24.3 Å². The topological polar surface area (TPSA) is 70.1 Å². The van der Waals surface area contributed by atoms with E-state index in [-0.39, 0.29) is 5.97 Å². The van der Waals surface area contributed by atoms with Crippen molar-refractivity contribution in [1.82, 2.24) is 9.80 Å². The van der Waals surface area contributed by atoms with Gasteiger partial charge in [-0.1, -0.05) is 18.2 Å². The van der Waals surface area contributed by atoms with Crippen molar-refractivity contribution >= 4 is 12.1 Å². The lowest BCUT2D eigenvalue weighted by Crippen LogP contribution is -2.51. The number of carbonyl (C=O) groups is 2. The number of amides is 1. The molecular weight excluding hydrogens is 308 g/mol. The molecule has 2 saturated heterocycles. The largest absolute Gasteiger partial charge is 0.465 e. The molecule has 0 aromatic heterocycles. The van der Waals surface area contributed by atoms with Crippen molar-refractivity contribution in [3.8, 4) is 0 Å². The number of esters is 1. The van der Waals surface area contributed by atoms with Gasteiger partial charge in [-0.05, 0) is 18.9 Å². The smallest absolute Gasteiger partial charge is 0.407 e. The zero-order valence-corrected chi connectivity index (χ0v) is 13.6. The maximum atomic E-state index is 12.1. The molecule has 3 heterocycles. The maximum absolute atomic E-state index is 12.1. The number of rotatable bonds is 1. The van der Waals surface area contributed by atoms with E-state index in [1.54, 1.807) is 0 Å². The van der Waals surface area contributed by atoms with Gasteiger partial charge in [-0.25, -0.2) is 9.59 Å². The van der Waals surface area contributed by atoms with Crippen molar-refractivity contribution < 1.29 is 19.4 Å². The van der Waals surface area contributed by atoms with Crippen molar-refractivity contribution in [2.75, 3.05) is 26.2 Å². The van der Waals surface area contributed by atoms with Crippen LogP contribution < -0.4 is 0 Å². The van der Waals surface area contributed by atoms with Crippen LogP contribution >= 0.6 is 0 Å². The Bertz CT molecular complexity index is 659. The van der Waals surface area contributed by atoms with Crippen molar-refractivity contribution in [3.63, 3.8) is 0 Å². The SMILES string of the molecule is O=C1OC2(CCN(C3CCN(C(=O)O)CC3)CC2)c2ccccc21. The molecule has 6 nitrogen and oxygen atoms in total. The molecule has 4 rings (SSSR count). The van der Waals surface area contributed by atoms with E-state index >= 15 is 0 Å². The van der Waals surface area contributed by atoms with Gasteiger partial charge in [0.25, 0.3) is 0 Å². The van der Waals surface area contributed by atoms with Crippen LogP contribution in [-0.2, 0) is 10.3 Å². The number of hydrogen-bond acceptors (Lipinski definition) is 4. The van der Waals surface area contributed by atoms with Crippen LogP contribution in [0.1, 0.15) is 41.6 Å². The van der Waals surface area contributed by atoms with Crippen molar-refractivity contribution in [2.45, 2.75) is 37.3 Å². The Morgan fingerprint density at radius 3 is 2.46 bits per heavy atom. The fourth-order valence-electron chi connectivity index (χ4n) is 4.39. The Morgan fingerprint density at radius 2 is 1.79 bits per heavy atom. The maximum Gasteiger partial charge on any atom is 0.407 e. The van der Waals surface area contributed by atoms with Crippen LogP contribution in [0.2, 0.25) is 0 Å². The summed E-state index contributed by atoms with van der Waals surface area (Å²) in [4.78, 5) is 27.1. The first kappa shape index (κ1) is 15.4. The number of benzene rings is 1. The molecule has 2 fully saturated rings. The molecule has 1 spiro atoms. The minimum absolute atomic E-state index is 0.200. The standard InChI is InChI=1S/C18H22N2O4/c21-16-14-3-1-2-4-15(14)18(24-16)7-11-19(12-8-18)13-5-9-20(10-6-13)17(22)23/h1-4,13H,5-12H2,(H,22,23). The third kappa shape index (κ3) is 2.45. The van der Waals surface area contributed by atoms with Gasteiger partial charge >= 0.3 is 12.1 Å². The van der Waals surface area contributed by atoms with Gasteiger partial charge in [0.2, 0.25) is 0 Å². The van der Waals surface area contributed by atoms with E-state index in [1.807, 2.05) is 24.3 Å². The van der Waals surface area contributed by atoms with E-state index in [0.29, 0.717) is 24.7 Å². The van der Waals surface area contributed by atoms with E-state index in [0.717, 1.165) is 44.3 Å². The van der Waals surface area contributed by atoms with Gasteiger partial charge in [-0.15, -0.1) is 0 Å². The van der Waals surface area contributed by atoms with Crippen molar-refractivity contribution in [2.24, 2.45) is 0 Å². The summed E-state index contributed by atoms with van der Waals surface area (Å²) in [6, 6.07) is 8.15. The number of likely N-dealkylation sites (tertiary alicyclic amines) is 2. The molecule has 6 heteroatoms. The Hall–Kier alpha value is -2.08. The molecule has 1 aromatic carbocycles. The molecule has 3 aliphatic heterocycles. The van der Waals surface area contributed by atoms with Crippen molar-refractivity contribution in [1.29, 1.82) is 0 Å². The molecule has 1 amide bonds. The van der Waals surface area contributed by atoms with E-state index in [9.17, 15) is 9.59 Å². The lowest BCUT2D eigenvalue weighted by atomic mass is 9.83. The fraction of sp³-hybridized carbons (Fsp3) is 0.556. The van der Waals surface area contributed by atoms with Crippen LogP contribution in [-0.4, -0.2) is 59.2 Å². The fourth-order valence-corrected chi connectivity index (χ4v) is 4.39. The molecule has 0 radical (unpaired) electrons. The van der Waals surface area contributed by atoms with Gasteiger partial charge in [0.05, 0.1) is 5.56 Å². The van der Waals surface area contributed by atoms with Gasteiger partial charge in [0.15, 0.2) is 0 Å². The summed E-state index contributed by atoms with van der Waals surface area (Å²) in [5.74, 6) is -0.200. The van der Waals surface area contributed by atoms with Crippen LogP contribution in [0.5, 0.6) is 0 Å². The molecule has 24 heavy (non-hydrogen) atoms. The molecule has 0 aliphatic carbocycles. The minimum Gasteiger partial charge on any atom is -0.465 e. The summed E-state index contributed by atoms with van der Waals surface area (Å²) >= 11 is 0. The number of fused-ring (bicyclic) bond motifs is 2. The highest BCUT2D eigenvalue weighted by atomic mass is 16.6. The van der Waals surface area contributed by atoms with Gasteiger partial charge in [0, 0.05) is 50.6 Å². The Morgan fingerprint density at radius 1 is 1.12 bits per heavy atom. The normalized spacial score (nSPS) is 24.0. The highest BCUT2D eigenvalue weighted by molar-refractivity contribution is 5.94. The first-order valence-corrected chi connectivity index (χ1v) is 8.64. The summed E-state index contributed by atoms with van der Waals surface area (Å²) < 4.78 is 5.79. The van der Waals surface area contributed by atoms with Crippen LogP contribution in [0.4, 0.5) is 4.79 Å². The number of nitrogens with zero attached hydrogens (tertiary/aromatic N) is 2. The van der Waals surface area contributed by atoms with Crippen LogP contribution in [0, 0.1) is 0 Å². The lowest BCUT2D eigenvalue weighted by Gasteiger charge is -2.44. The Kier molecular flexibility index (Phi) is 3.72. The zero-order valence-electron chi connectivity index (χ0n) is 13.6. The number of hydrogen-bond donors (Lipinski definition) is 1. The summed E-state index contributed by atoms with van der Waals surface area (Å²) in [5.41, 5.74) is 1.29. The average Bonchev–Trinajstić information content (AvgIpc) is 2.88. The highest BCUT2D eigenvalue weighted by Crippen LogP contribution is 2.44. The molecule has 0 bridgehead atoms. The highest BCUT2D eigenvalue weighted by Gasteiger charge is 2.47. The first-order chi connectivity index (χ1) is 11.6. The summed E-state index contributed by atoms with van der Waals surface area (Å²) in [6.07, 6.45) is 2.58. The van der Waals surface area contributed by atoms with E-state index in [1.165, 1.54) is 4.90 Å². The van der Waals surface area contributed by atoms with Gasteiger partial charge < -0.3 is 14.7 Å². The number of piperidine rings is 2. The number of carboxylic acid groups (broad SMARTS) is 1.